The van der Waals surface area contributed by atoms with E-state index in [0.29, 0.717) is 41.9 Å². The minimum Gasteiger partial charge on any atom is -0.393 e. The van der Waals surface area contributed by atoms with Crippen LogP contribution in [0.2, 0.25) is 0 Å². The number of hydrogen-bond acceptors (Lipinski definition) is 9. The van der Waals surface area contributed by atoms with Crippen molar-refractivity contribution >= 4 is 50.0 Å². The maximum atomic E-state index is 13.4. The van der Waals surface area contributed by atoms with Gasteiger partial charge in [0.05, 0.1) is 45.2 Å². The van der Waals surface area contributed by atoms with Crippen molar-refractivity contribution in [3.63, 3.8) is 0 Å². The van der Waals surface area contributed by atoms with Gasteiger partial charge in [-0.2, -0.15) is 13.5 Å². The van der Waals surface area contributed by atoms with E-state index in [4.69, 9.17) is 5.14 Å². The highest BCUT2D eigenvalue weighted by atomic mass is 127. The average molecular weight is 617 g/mol. The molecule has 0 amide bonds. The SMILES string of the molecule is Cc1sc(C(=O)c2cncnc2C[C@@H]2C[C@H](COS(N)(=O)=O)[C@@H](O)C2)cc1Cn1cc(I)cn1. The molecule has 0 aromatic carbocycles. The second kappa shape index (κ2) is 10.5. The maximum absolute atomic E-state index is 13.4. The summed E-state index contributed by atoms with van der Waals surface area (Å²) in [4.78, 5) is 23.4. The third kappa shape index (κ3) is 6.26. The van der Waals surface area contributed by atoms with Crippen LogP contribution in [0, 0.1) is 22.3 Å². The lowest BCUT2D eigenvalue weighted by Gasteiger charge is -2.13. The normalized spacial score (nSPS) is 20.6. The Bertz CT molecular complexity index is 1290. The van der Waals surface area contributed by atoms with Crippen LogP contribution in [0.1, 0.15) is 44.2 Å². The zero-order chi connectivity index (χ0) is 24.5. The number of rotatable bonds is 9. The number of aromatic nitrogens is 4. The monoisotopic (exact) mass is 617 g/mol. The van der Waals surface area contributed by atoms with E-state index in [0.717, 1.165) is 14.0 Å². The molecule has 3 heterocycles. The highest BCUT2D eigenvalue weighted by molar-refractivity contribution is 14.1. The summed E-state index contributed by atoms with van der Waals surface area (Å²) < 4.78 is 29.7. The Morgan fingerprint density at radius 3 is 2.88 bits per heavy atom. The molecule has 0 bridgehead atoms. The summed E-state index contributed by atoms with van der Waals surface area (Å²) in [7, 11) is -4.06. The third-order valence-electron chi connectivity index (χ3n) is 5.90. The number of aliphatic hydroxyl groups is 1. The van der Waals surface area contributed by atoms with Gasteiger partial charge in [0.15, 0.2) is 0 Å². The van der Waals surface area contributed by atoms with E-state index in [1.54, 1.807) is 6.20 Å². The Kier molecular flexibility index (Phi) is 7.79. The molecule has 34 heavy (non-hydrogen) atoms. The number of carbonyl (C=O) groups is 1. The predicted molar refractivity (Wildman–Crippen MR) is 134 cm³/mol. The van der Waals surface area contributed by atoms with Gasteiger partial charge in [-0.25, -0.2) is 15.1 Å². The van der Waals surface area contributed by atoms with Crippen LogP contribution >= 0.6 is 33.9 Å². The summed E-state index contributed by atoms with van der Waals surface area (Å²) >= 11 is 3.64. The third-order valence-corrected chi connectivity index (χ3v) is 8.01. The Hall–Kier alpha value is -1.78. The van der Waals surface area contributed by atoms with Gasteiger partial charge >= 0.3 is 10.3 Å². The maximum Gasteiger partial charge on any atom is 0.333 e. The fourth-order valence-corrected chi connectivity index (χ4v) is 6.04. The van der Waals surface area contributed by atoms with Crippen LogP contribution in [0.25, 0.3) is 0 Å². The standard InChI is InChI=1S/C21H24IN5O5S2/c1-12-14(8-27-9-16(22)6-26-27)5-20(33-12)21(29)17-7-24-11-25-18(17)3-13-2-15(19(28)4-13)10-32-34(23,30)31/h5-7,9,11,13,15,19,28H,2-4,8,10H2,1H3,(H2,23,30,31)/t13-,15+,19-/m0/s1. The smallest absolute Gasteiger partial charge is 0.333 e. The van der Waals surface area contributed by atoms with Crippen LogP contribution in [0.15, 0.2) is 31.0 Å². The van der Waals surface area contributed by atoms with E-state index >= 15 is 0 Å². The Morgan fingerprint density at radius 1 is 1.38 bits per heavy atom. The summed E-state index contributed by atoms with van der Waals surface area (Å²) in [5.74, 6) is -0.469. The first-order chi connectivity index (χ1) is 16.1. The number of aliphatic hydroxyl groups excluding tert-OH is 1. The predicted octanol–water partition coefficient (Wildman–Crippen LogP) is 2.08. The molecule has 1 aliphatic carbocycles. The molecule has 1 saturated carbocycles. The summed E-state index contributed by atoms with van der Waals surface area (Å²) in [6.07, 6.45) is 7.43. The van der Waals surface area contributed by atoms with Crippen LogP contribution in [-0.4, -0.2) is 51.8 Å². The summed E-state index contributed by atoms with van der Waals surface area (Å²) in [5.41, 5.74) is 2.07. The molecule has 3 aromatic heterocycles. The summed E-state index contributed by atoms with van der Waals surface area (Å²) in [5, 5.41) is 19.5. The molecule has 0 spiro atoms. The second-order valence-corrected chi connectivity index (χ2v) is 12.1. The van der Waals surface area contributed by atoms with Gasteiger partial charge in [0.25, 0.3) is 0 Å². The van der Waals surface area contributed by atoms with E-state index < -0.39 is 16.4 Å². The number of halogens is 1. The van der Waals surface area contributed by atoms with Gasteiger partial charge in [-0.05, 0) is 66.3 Å². The van der Waals surface area contributed by atoms with Gasteiger partial charge in [0.2, 0.25) is 5.78 Å². The van der Waals surface area contributed by atoms with Crippen LogP contribution < -0.4 is 5.14 Å². The minimum atomic E-state index is -4.06. The minimum absolute atomic E-state index is 0.0217. The van der Waals surface area contributed by atoms with E-state index in [2.05, 4.69) is 41.8 Å². The first-order valence-corrected chi connectivity index (χ1v) is 13.9. The lowest BCUT2D eigenvalue weighted by Crippen LogP contribution is -2.24. The molecular weight excluding hydrogens is 593 g/mol. The number of aryl methyl sites for hydroxylation is 1. The van der Waals surface area contributed by atoms with Crippen LogP contribution in [0.3, 0.4) is 0 Å². The molecule has 3 N–H and O–H groups in total. The summed E-state index contributed by atoms with van der Waals surface area (Å²) in [6.45, 7) is 2.40. The van der Waals surface area contributed by atoms with E-state index in [1.165, 1.54) is 23.9 Å². The van der Waals surface area contributed by atoms with Crippen molar-refractivity contribution in [3.8, 4) is 0 Å². The molecule has 4 rings (SSSR count). The fourth-order valence-electron chi connectivity index (χ4n) is 4.24. The molecule has 3 aromatic rings. The summed E-state index contributed by atoms with van der Waals surface area (Å²) in [6, 6.07) is 1.90. The van der Waals surface area contributed by atoms with Crippen molar-refractivity contribution in [1.29, 1.82) is 0 Å². The first-order valence-electron chi connectivity index (χ1n) is 10.5. The van der Waals surface area contributed by atoms with Crippen LogP contribution in [0.4, 0.5) is 0 Å². The topological polar surface area (TPSA) is 150 Å². The number of thiophene rings is 1. The molecule has 0 aliphatic heterocycles. The van der Waals surface area contributed by atoms with Gasteiger partial charge in [0.1, 0.15) is 6.33 Å². The van der Waals surface area contributed by atoms with Gasteiger partial charge in [-0.1, -0.05) is 0 Å². The van der Waals surface area contributed by atoms with Crippen molar-refractivity contribution in [3.05, 3.63) is 61.1 Å². The number of ketones is 1. The molecule has 182 valence electrons. The van der Waals surface area contributed by atoms with Crippen LogP contribution in [-0.2, 0) is 27.5 Å². The Labute approximate surface area is 215 Å². The molecule has 0 unspecified atom stereocenters. The molecule has 3 atom stereocenters. The quantitative estimate of drug-likeness (QED) is 0.274. The lowest BCUT2D eigenvalue weighted by atomic mass is 9.96. The molecule has 13 heteroatoms. The number of nitrogens with two attached hydrogens (primary N) is 1. The molecule has 10 nitrogen and oxygen atoms in total. The van der Waals surface area contributed by atoms with Gasteiger partial charge < -0.3 is 5.11 Å². The van der Waals surface area contributed by atoms with Gasteiger partial charge in [-0.3, -0.25) is 13.7 Å². The zero-order valence-corrected chi connectivity index (χ0v) is 22.1. The number of hydrogen-bond donors (Lipinski definition) is 2. The molecule has 0 radical (unpaired) electrons. The van der Waals surface area contributed by atoms with Crippen molar-refractivity contribution < 1.29 is 22.5 Å². The van der Waals surface area contributed by atoms with Crippen molar-refractivity contribution in [2.24, 2.45) is 17.0 Å². The van der Waals surface area contributed by atoms with Crippen molar-refractivity contribution in [2.45, 2.75) is 38.8 Å². The largest absolute Gasteiger partial charge is 0.393 e. The molecular formula is C21H24IN5O5S2. The Balaban J connectivity index is 1.47. The number of carbonyl (C=O) groups excluding carboxylic acids is 1. The number of nitrogens with zero attached hydrogens (tertiary/aromatic N) is 4. The zero-order valence-electron chi connectivity index (χ0n) is 18.3. The highest BCUT2D eigenvalue weighted by Crippen LogP contribution is 2.35. The van der Waals surface area contributed by atoms with E-state index in [9.17, 15) is 18.3 Å². The highest BCUT2D eigenvalue weighted by Gasteiger charge is 2.35. The van der Waals surface area contributed by atoms with Crippen LogP contribution in [0.5, 0.6) is 0 Å². The molecule has 0 saturated heterocycles. The van der Waals surface area contributed by atoms with E-state index in [-0.39, 0.29) is 24.2 Å². The average Bonchev–Trinajstić information content (AvgIpc) is 3.45. The lowest BCUT2D eigenvalue weighted by molar-refractivity contribution is 0.100. The molecule has 1 fully saturated rings. The fraction of sp³-hybridized carbons (Fsp3) is 0.429. The first kappa shape index (κ1) is 25.3. The second-order valence-electron chi connectivity index (χ2n) is 8.41. The van der Waals surface area contributed by atoms with Gasteiger partial charge in [-0.15, -0.1) is 11.3 Å². The van der Waals surface area contributed by atoms with E-state index in [1.807, 2.05) is 23.9 Å². The van der Waals surface area contributed by atoms with Gasteiger partial charge in [0, 0.05) is 23.2 Å². The Morgan fingerprint density at radius 2 is 2.18 bits per heavy atom. The molecule has 1 aliphatic rings. The van der Waals surface area contributed by atoms with Crippen molar-refractivity contribution in [1.82, 2.24) is 19.7 Å². The van der Waals surface area contributed by atoms with Crippen molar-refractivity contribution in [2.75, 3.05) is 6.61 Å².